The fourth-order valence-electron chi connectivity index (χ4n) is 3.94. The van der Waals surface area contributed by atoms with E-state index in [1.54, 1.807) is 0 Å². The fourth-order valence-corrected chi connectivity index (χ4v) is 3.94. The Balaban J connectivity index is 2.28. The average molecular weight is 353 g/mol. The lowest BCUT2D eigenvalue weighted by molar-refractivity contribution is 0.592. The second kappa shape index (κ2) is 10.4. The van der Waals surface area contributed by atoms with Crippen molar-refractivity contribution in [2.45, 2.75) is 78.6 Å². The normalized spacial score (nSPS) is 18.3. The lowest BCUT2D eigenvalue weighted by Gasteiger charge is -2.17. The highest BCUT2D eigenvalue weighted by Crippen LogP contribution is 2.31. The number of aliphatic imine (C=N–C) groups is 2. The van der Waals surface area contributed by atoms with Crippen LogP contribution in [0.15, 0.2) is 46.0 Å². The smallest absolute Gasteiger partial charge is 0.0800 e. The molecule has 1 saturated carbocycles. The quantitative estimate of drug-likeness (QED) is 0.391. The van der Waals surface area contributed by atoms with Crippen LogP contribution in [0.4, 0.5) is 0 Å². The van der Waals surface area contributed by atoms with Gasteiger partial charge in [0.1, 0.15) is 0 Å². The molecule has 0 radical (unpaired) electrons. The van der Waals surface area contributed by atoms with E-state index in [2.05, 4.69) is 56.1 Å². The lowest BCUT2D eigenvalue weighted by atomic mass is 9.90. The molecule has 0 heterocycles. The molecule has 0 amide bonds. The van der Waals surface area contributed by atoms with Crippen molar-refractivity contribution in [1.82, 2.24) is 0 Å². The summed E-state index contributed by atoms with van der Waals surface area (Å²) in [5.74, 6) is 1.12. The summed E-state index contributed by atoms with van der Waals surface area (Å²) in [6.07, 6.45) is 11.3. The molecule has 2 heteroatoms. The molecule has 1 aromatic rings. The molecular weight excluding hydrogens is 316 g/mol. The van der Waals surface area contributed by atoms with Crippen molar-refractivity contribution in [3.63, 3.8) is 0 Å². The predicted octanol–water partition coefficient (Wildman–Crippen LogP) is 6.95. The Bertz CT molecular complexity index is 639. The van der Waals surface area contributed by atoms with Crippen LogP contribution in [-0.2, 0) is 0 Å². The Hall–Kier alpha value is -1.70. The van der Waals surface area contributed by atoms with E-state index in [-0.39, 0.29) is 0 Å². The summed E-state index contributed by atoms with van der Waals surface area (Å²) in [6.45, 7) is 8.63. The van der Waals surface area contributed by atoms with Gasteiger partial charge in [-0.3, -0.25) is 9.98 Å². The van der Waals surface area contributed by atoms with Gasteiger partial charge in [-0.2, -0.15) is 0 Å². The van der Waals surface area contributed by atoms with E-state index >= 15 is 0 Å². The van der Waals surface area contributed by atoms with Crippen molar-refractivity contribution in [2.75, 3.05) is 7.05 Å². The highest BCUT2D eigenvalue weighted by molar-refractivity contribution is 6.07. The fraction of sp³-hybridized carbons (Fsp3) is 0.583. The van der Waals surface area contributed by atoms with Gasteiger partial charge in [-0.1, -0.05) is 76.8 Å². The zero-order valence-corrected chi connectivity index (χ0v) is 17.4. The standard InChI is InChI=1S/C24H36N2/c1-6-22(25-5)23(7-2)26-24(18(3)4)21-16-14-20(15-17-21)19-12-10-8-9-11-13-19/h7,14-19H,6,8-13H2,1-5H3/b23-7+,25-22-,26-24+. The molecule has 2 nitrogen and oxygen atoms in total. The van der Waals surface area contributed by atoms with Gasteiger partial charge in [0.2, 0.25) is 0 Å². The molecule has 1 aromatic carbocycles. The summed E-state index contributed by atoms with van der Waals surface area (Å²) in [5, 5.41) is 0. The summed E-state index contributed by atoms with van der Waals surface area (Å²) in [7, 11) is 1.86. The molecular formula is C24H36N2. The van der Waals surface area contributed by atoms with E-state index in [1.807, 2.05) is 14.0 Å². The average Bonchev–Trinajstić information content (AvgIpc) is 2.94. The van der Waals surface area contributed by atoms with Crippen molar-refractivity contribution in [3.05, 3.63) is 47.2 Å². The second-order valence-electron chi connectivity index (χ2n) is 7.66. The van der Waals surface area contributed by atoms with Crippen LogP contribution in [0.1, 0.15) is 89.7 Å². The highest BCUT2D eigenvalue weighted by Gasteiger charge is 2.16. The first kappa shape index (κ1) is 20.6. The van der Waals surface area contributed by atoms with E-state index in [0.717, 1.165) is 29.5 Å². The molecule has 0 N–H and O–H groups in total. The van der Waals surface area contributed by atoms with Crippen molar-refractivity contribution in [2.24, 2.45) is 15.9 Å². The molecule has 0 spiro atoms. The van der Waals surface area contributed by atoms with E-state index < -0.39 is 0 Å². The molecule has 0 saturated heterocycles. The molecule has 1 aliphatic rings. The molecule has 0 aliphatic heterocycles. The first-order chi connectivity index (χ1) is 12.6. The van der Waals surface area contributed by atoms with Gasteiger partial charge in [-0.05, 0) is 49.1 Å². The Morgan fingerprint density at radius 2 is 1.69 bits per heavy atom. The Morgan fingerprint density at radius 1 is 1.08 bits per heavy atom. The first-order valence-corrected chi connectivity index (χ1v) is 10.4. The van der Waals surface area contributed by atoms with Crippen LogP contribution in [-0.4, -0.2) is 18.5 Å². The molecule has 1 fully saturated rings. The summed E-state index contributed by atoms with van der Waals surface area (Å²) < 4.78 is 0. The van der Waals surface area contributed by atoms with Gasteiger partial charge in [0.05, 0.1) is 17.1 Å². The number of rotatable bonds is 6. The third kappa shape index (κ3) is 5.40. The van der Waals surface area contributed by atoms with Crippen LogP contribution in [0, 0.1) is 5.92 Å². The van der Waals surface area contributed by atoms with Crippen molar-refractivity contribution < 1.29 is 0 Å². The summed E-state index contributed by atoms with van der Waals surface area (Å²) in [6, 6.07) is 9.24. The Kier molecular flexibility index (Phi) is 8.28. The maximum Gasteiger partial charge on any atom is 0.0800 e. The Labute approximate surface area is 160 Å². The van der Waals surface area contributed by atoms with Gasteiger partial charge in [0.25, 0.3) is 0 Å². The zero-order valence-electron chi connectivity index (χ0n) is 17.4. The summed E-state index contributed by atoms with van der Waals surface area (Å²) in [4.78, 5) is 9.42. The van der Waals surface area contributed by atoms with Crippen LogP contribution in [0.2, 0.25) is 0 Å². The second-order valence-corrected chi connectivity index (χ2v) is 7.66. The molecule has 2 rings (SSSR count). The van der Waals surface area contributed by atoms with Gasteiger partial charge in [0, 0.05) is 7.05 Å². The number of hydrogen-bond donors (Lipinski definition) is 0. The summed E-state index contributed by atoms with van der Waals surface area (Å²) in [5.41, 5.74) is 5.98. The summed E-state index contributed by atoms with van der Waals surface area (Å²) >= 11 is 0. The van der Waals surface area contributed by atoms with Crippen molar-refractivity contribution in [3.8, 4) is 0 Å². The van der Waals surface area contributed by atoms with Crippen molar-refractivity contribution >= 4 is 11.4 Å². The van der Waals surface area contributed by atoms with Crippen LogP contribution in [0.5, 0.6) is 0 Å². The molecule has 26 heavy (non-hydrogen) atoms. The SMILES string of the molecule is C/C=C(/N=C(/c1ccc(C2CCCCCC2)cc1)C(C)C)C(\CC)=N/C. The maximum absolute atomic E-state index is 5.01. The van der Waals surface area contributed by atoms with E-state index in [4.69, 9.17) is 4.99 Å². The highest BCUT2D eigenvalue weighted by atomic mass is 14.8. The third-order valence-electron chi connectivity index (χ3n) is 5.49. The number of hydrogen-bond acceptors (Lipinski definition) is 2. The van der Waals surface area contributed by atoms with E-state index in [0.29, 0.717) is 5.92 Å². The van der Waals surface area contributed by atoms with E-state index in [1.165, 1.54) is 49.7 Å². The largest absolute Gasteiger partial charge is 0.291 e. The Morgan fingerprint density at radius 3 is 2.15 bits per heavy atom. The molecule has 0 aromatic heterocycles. The first-order valence-electron chi connectivity index (χ1n) is 10.4. The number of nitrogens with zero attached hydrogens (tertiary/aromatic N) is 2. The minimum atomic E-state index is 0.378. The third-order valence-corrected chi connectivity index (χ3v) is 5.49. The van der Waals surface area contributed by atoms with Crippen LogP contribution < -0.4 is 0 Å². The van der Waals surface area contributed by atoms with Gasteiger partial charge >= 0.3 is 0 Å². The van der Waals surface area contributed by atoms with Crippen molar-refractivity contribution in [1.29, 1.82) is 0 Å². The van der Waals surface area contributed by atoms with Crippen LogP contribution in [0.25, 0.3) is 0 Å². The van der Waals surface area contributed by atoms with Gasteiger partial charge < -0.3 is 0 Å². The molecule has 0 unspecified atom stereocenters. The molecule has 142 valence electrons. The topological polar surface area (TPSA) is 24.7 Å². The van der Waals surface area contributed by atoms with Crippen LogP contribution in [0.3, 0.4) is 0 Å². The number of allylic oxidation sites excluding steroid dienone is 2. The number of benzene rings is 1. The lowest BCUT2D eigenvalue weighted by Crippen LogP contribution is -2.12. The minimum absolute atomic E-state index is 0.378. The predicted molar refractivity (Wildman–Crippen MR) is 116 cm³/mol. The monoisotopic (exact) mass is 352 g/mol. The molecule has 1 aliphatic carbocycles. The molecule has 0 atom stereocenters. The van der Waals surface area contributed by atoms with Gasteiger partial charge in [0.15, 0.2) is 0 Å². The van der Waals surface area contributed by atoms with Gasteiger partial charge in [-0.25, -0.2) is 0 Å². The van der Waals surface area contributed by atoms with Crippen LogP contribution >= 0.6 is 0 Å². The zero-order chi connectivity index (χ0) is 18.9. The van der Waals surface area contributed by atoms with E-state index in [9.17, 15) is 0 Å². The maximum atomic E-state index is 5.01. The molecule has 0 bridgehead atoms. The minimum Gasteiger partial charge on any atom is -0.291 e. The van der Waals surface area contributed by atoms with Gasteiger partial charge in [-0.15, -0.1) is 0 Å².